The van der Waals surface area contributed by atoms with Crippen LogP contribution in [0.25, 0.3) is 11.0 Å². The van der Waals surface area contributed by atoms with Gasteiger partial charge in [0.15, 0.2) is 11.7 Å². The van der Waals surface area contributed by atoms with Crippen LogP contribution in [0, 0.1) is 11.3 Å². The summed E-state index contributed by atoms with van der Waals surface area (Å²) in [6.45, 7) is 1.93. The maximum absolute atomic E-state index is 13.2. The minimum absolute atomic E-state index is 0.280. The van der Waals surface area contributed by atoms with Crippen molar-refractivity contribution in [2.75, 3.05) is 32.2 Å². The van der Waals surface area contributed by atoms with E-state index >= 15 is 0 Å². The second-order valence-electron chi connectivity index (χ2n) is 8.32. The van der Waals surface area contributed by atoms with Gasteiger partial charge in [-0.25, -0.2) is 9.97 Å². The Kier molecular flexibility index (Phi) is 7.43. The number of nitrogens with zero attached hydrogens (tertiary/aromatic N) is 4. The standard InChI is InChI=1S/C26H29N5O3/c1-33-19-9-7-8-18(14-19)17-28-26(32)21(16-27)24-25(31-12-5-3-4-6-13-31)30-22-11-10-20(34-2)15-23(22)29-24/h7-11,14-15,21H,3-6,12-13,17H2,1-2H3,(H,28,32). The van der Waals surface area contributed by atoms with Crippen molar-refractivity contribution in [1.82, 2.24) is 15.3 Å². The summed E-state index contributed by atoms with van der Waals surface area (Å²) in [5, 5.41) is 12.9. The molecule has 1 aliphatic heterocycles. The van der Waals surface area contributed by atoms with E-state index in [0.29, 0.717) is 34.0 Å². The predicted octanol–water partition coefficient (Wildman–Crippen LogP) is 3.95. The molecule has 0 radical (unpaired) electrons. The van der Waals surface area contributed by atoms with Crippen molar-refractivity contribution in [2.45, 2.75) is 38.1 Å². The van der Waals surface area contributed by atoms with Gasteiger partial charge in [-0.2, -0.15) is 5.26 Å². The third-order valence-corrected chi connectivity index (χ3v) is 6.05. The first-order chi connectivity index (χ1) is 16.6. The third kappa shape index (κ3) is 5.20. The van der Waals surface area contributed by atoms with Gasteiger partial charge in [0, 0.05) is 25.7 Å². The molecule has 2 heterocycles. The molecule has 8 nitrogen and oxygen atoms in total. The van der Waals surface area contributed by atoms with Crippen LogP contribution in [-0.4, -0.2) is 43.2 Å². The molecule has 1 fully saturated rings. The number of methoxy groups -OCH3 is 2. The van der Waals surface area contributed by atoms with Crippen LogP contribution >= 0.6 is 0 Å². The molecule has 34 heavy (non-hydrogen) atoms. The lowest BCUT2D eigenvalue weighted by molar-refractivity contribution is -0.121. The number of fused-ring (bicyclic) bond motifs is 1. The summed E-state index contributed by atoms with van der Waals surface area (Å²) < 4.78 is 10.6. The maximum atomic E-state index is 13.2. The number of hydrogen-bond donors (Lipinski definition) is 1. The number of carbonyl (C=O) groups excluding carboxylic acids is 1. The fourth-order valence-electron chi connectivity index (χ4n) is 4.19. The number of benzene rings is 2. The van der Waals surface area contributed by atoms with Crippen LogP contribution in [0.3, 0.4) is 0 Å². The van der Waals surface area contributed by atoms with Gasteiger partial charge in [-0.1, -0.05) is 25.0 Å². The Morgan fingerprint density at radius 1 is 1.03 bits per heavy atom. The monoisotopic (exact) mass is 459 g/mol. The number of rotatable bonds is 7. The molecule has 1 saturated heterocycles. The average molecular weight is 460 g/mol. The van der Waals surface area contributed by atoms with Gasteiger partial charge in [0.05, 0.1) is 31.3 Å². The fourth-order valence-corrected chi connectivity index (χ4v) is 4.19. The summed E-state index contributed by atoms with van der Waals surface area (Å²) in [5.74, 6) is 0.472. The van der Waals surface area contributed by atoms with Crippen molar-refractivity contribution >= 4 is 22.8 Å². The molecular weight excluding hydrogens is 430 g/mol. The first kappa shape index (κ1) is 23.3. The van der Waals surface area contributed by atoms with Gasteiger partial charge in [0.1, 0.15) is 17.2 Å². The Morgan fingerprint density at radius 2 is 1.76 bits per heavy atom. The van der Waals surface area contributed by atoms with Gasteiger partial charge in [-0.15, -0.1) is 0 Å². The predicted molar refractivity (Wildman–Crippen MR) is 130 cm³/mol. The van der Waals surface area contributed by atoms with Crippen LogP contribution in [0.2, 0.25) is 0 Å². The van der Waals surface area contributed by atoms with Crippen molar-refractivity contribution in [2.24, 2.45) is 0 Å². The quantitative estimate of drug-likeness (QED) is 0.571. The zero-order chi connectivity index (χ0) is 23.9. The Hall–Kier alpha value is -3.86. The Balaban J connectivity index is 1.68. The average Bonchev–Trinajstić information content (AvgIpc) is 3.17. The number of nitrogens with one attached hydrogen (secondary N) is 1. The summed E-state index contributed by atoms with van der Waals surface area (Å²) in [4.78, 5) is 25.0. The second-order valence-corrected chi connectivity index (χ2v) is 8.32. The van der Waals surface area contributed by atoms with Crippen molar-refractivity contribution in [3.63, 3.8) is 0 Å². The summed E-state index contributed by atoms with van der Waals surface area (Å²) in [7, 11) is 3.19. The number of anilines is 1. The van der Waals surface area contributed by atoms with Gasteiger partial charge in [0.2, 0.25) is 5.91 Å². The Morgan fingerprint density at radius 3 is 2.47 bits per heavy atom. The van der Waals surface area contributed by atoms with Crippen LogP contribution in [0.15, 0.2) is 42.5 Å². The second kappa shape index (κ2) is 10.8. The summed E-state index contributed by atoms with van der Waals surface area (Å²) in [6, 6.07) is 15.1. The molecule has 2 aromatic carbocycles. The van der Waals surface area contributed by atoms with E-state index in [4.69, 9.17) is 19.4 Å². The minimum atomic E-state index is -1.09. The van der Waals surface area contributed by atoms with E-state index in [-0.39, 0.29) is 6.54 Å². The molecule has 1 N–H and O–H groups in total. The molecule has 176 valence electrons. The van der Waals surface area contributed by atoms with Gasteiger partial charge in [0.25, 0.3) is 0 Å². The Labute approximate surface area is 199 Å². The summed E-state index contributed by atoms with van der Waals surface area (Å²) in [5.41, 5.74) is 2.56. The summed E-state index contributed by atoms with van der Waals surface area (Å²) in [6.07, 6.45) is 4.40. The van der Waals surface area contributed by atoms with Crippen LogP contribution in [0.1, 0.15) is 42.9 Å². The van der Waals surface area contributed by atoms with E-state index in [0.717, 1.165) is 44.3 Å². The normalized spacial score (nSPS) is 14.7. The summed E-state index contributed by atoms with van der Waals surface area (Å²) >= 11 is 0. The smallest absolute Gasteiger partial charge is 0.243 e. The first-order valence-electron chi connectivity index (χ1n) is 11.5. The van der Waals surface area contributed by atoms with E-state index in [1.54, 1.807) is 20.3 Å². The molecule has 1 atom stereocenters. The van der Waals surface area contributed by atoms with Crippen molar-refractivity contribution in [3.8, 4) is 17.6 Å². The molecule has 0 bridgehead atoms. The number of amides is 1. The van der Waals surface area contributed by atoms with Crippen molar-refractivity contribution < 1.29 is 14.3 Å². The highest BCUT2D eigenvalue weighted by Crippen LogP contribution is 2.30. The van der Waals surface area contributed by atoms with Gasteiger partial charge in [-0.05, 0) is 42.7 Å². The highest BCUT2D eigenvalue weighted by atomic mass is 16.5. The number of carbonyl (C=O) groups is 1. The van der Waals surface area contributed by atoms with Gasteiger partial charge >= 0.3 is 0 Å². The molecule has 1 aromatic heterocycles. The highest BCUT2D eigenvalue weighted by molar-refractivity contribution is 5.89. The SMILES string of the molecule is COc1cccc(CNC(=O)C(C#N)c2nc3cc(OC)ccc3nc2N2CCCCCC2)c1. The van der Waals surface area contributed by atoms with E-state index in [1.165, 1.54) is 0 Å². The molecular formula is C26H29N5O3. The molecule has 0 aliphatic carbocycles. The van der Waals surface area contributed by atoms with Crippen molar-refractivity contribution in [3.05, 3.63) is 53.7 Å². The Bertz CT molecular complexity index is 1200. The van der Waals surface area contributed by atoms with Crippen LogP contribution in [0.5, 0.6) is 11.5 Å². The number of hydrogen-bond acceptors (Lipinski definition) is 7. The largest absolute Gasteiger partial charge is 0.497 e. The fraction of sp³-hybridized carbons (Fsp3) is 0.385. The van der Waals surface area contributed by atoms with Gasteiger partial charge in [-0.3, -0.25) is 4.79 Å². The molecule has 3 aromatic rings. The topological polar surface area (TPSA) is 100 Å². The highest BCUT2D eigenvalue weighted by Gasteiger charge is 2.29. The van der Waals surface area contributed by atoms with Crippen LogP contribution in [0.4, 0.5) is 5.82 Å². The van der Waals surface area contributed by atoms with Crippen LogP contribution in [-0.2, 0) is 11.3 Å². The van der Waals surface area contributed by atoms with E-state index in [9.17, 15) is 10.1 Å². The molecule has 8 heteroatoms. The molecule has 0 spiro atoms. The zero-order valence-corrected chi connectivity index (χ0v) is 19.6. The van der Waals surface area contributed by atoms with Crippen LogP contribution < -0.4 is 19.7 Å². The molecule has 1 amide bonds. The van der Waals surface area contributed by atoms with Gasteiger partial charge < -0.3 is 19.7 Å². The zero-order valence-electron chi connectivity index (χ0n) is 19.6. The molecule has 1 aliphatic rings. The minimum Gasteiger partial charge on any atom is -0.497 e. The third-order valence-electron chi connectivity index (χ3n) is 6.05. The lowest BCUT2D eigenvalue weighted by atomic mass is 10.0. The lowest BCUT2D eigenvalue weighted by Crippen LogP contribution is -2.32. The molecule has 4 rings (SSSR count). The maximum Gasteiger partial charge on any atom is 0.243 e. The molecule has 1 unspecified atom stereocenters. The lowest BCUT2D eigenvalue weighted by Gasteiger charge is -2.25. The van der Waals surface area contributed by atoms with E-state index in [2.05, 4.69) is 16.3 Å². The number of aromatic nitrogens is 2. The van der Waals surface area contributed by atoms with Crippen molar-refractivity contribution in [1.29, 1.82) is 5.26 Å². The first-order valence-corrected chi connectivity index (χ1v) is 11.5. The molecule has 0 saturated carbocycles. The number of ether oxygens (including phenoxy) is 2. The number of nitriles is 1. The van der Waals surface area contributed by atoms with E-state index < -0.39 is 11.8 Å². The van der Waals surface area contributed by atoms with E-state index in [1.807, 2.05) is 36.4 Å².